The van der Waals surface area contributed by atoms with Gasteiger partial charge in [-0.25, -0.2) is 0 Å². The van der Waals surface area contributed by atoms with Gasteiger partial charge in [0.15, 0.2) is 0 Å². The van der Waals surface area contributed by atoms with Crippen LogP contribution < -0.4 is 5.73 Å². The fourth-order valence-electron chi connectivity index (χ4n) is 3.26. The molecule has 1 saturated heterocycles. The molecule has 1 saturated carbocycles. The Morgan fingerprint density at radius 3 is 2.84 bits per heavy atom. The largest absolute Gasteiger partial charge is 0.340 e. The monoisotopic (exact) mass is 261 g/mol. The van der Waals surface area contributed by atoms with Crippen LogP contribution in [-0.4, -0.2) is 34.0 Å². The van der Waals surface area contributed by atoms with Gasteiger partial charge in [-0.05, 0) is 51.2 Å². The number of carbonyl (C=O) groups excluding carboxylic acids is 1. The van der Waals surface area contributed by atoms with Crippen molar-refractivity contribution in [3.63, 3.8) is 0 Å². The van der Waals surface area contributed by atoms with Gasteiger partial charge in [0.05, 0.1) is 0 Å². The maximum absolute atomic E-state index is 12.8. The van der Waals surface area contributed by atoms with Crippen molar-refractivity contribution >= 4 is 5.91 Å². The summed E-state index contributed by atoms with van der Waals surface area (Å²) in [7, 11) is 0. The quantitative estimate of drug-likeness (QED) is 0.906. The van der Waals surface area contributed by atoms with Crippen molar-refractivity contribution in [2.24, 2.45) is 5.73 Å². The maximum atomic E-state index is 12.8. The Morgan fingerprint density at radius 1 is 1.37 bits per heavy atom. The number of likely N-dealkylation sites (tertiary alicyclic amines) is 1. The van der Waals surface area contributed by atoms with Gasteiger partial charge in [-0.1, -0.05) is 0 Å². The molecular weight excluding hydrogens is 238 g/mol. The Kier molecular flexibility index (Phi) is 3.35. The number of nitrogens with two attached hydrogens (primary N) is 1. The van der Waals surface area contributed by atoms with Crippen LogP contribution in [0, 0.1) is 0 Å². The van der Waals surface area contributed by atoms with Crippen LogP contribution in [0.4, 0.5) is 0 Å². The second-order valence-corrected chi connectivity index (χ2v) is 5.91. The molecule has 1 aliphatic carbocycles. The van der Waals surface area contributed by atoms with Crippen molar-refractivity contribution in [3.05, 3.63) is 24.0 Å². The highest BCUT2D eigenvalue weighted by atomic mass is 16.2. The third-order valence-corrected chi connectivity index (χ3v) is 4.47. The Labute approximate surface area is 114 Å². The zero-order valence-corrected chi connectivity index (χ0v) is 11.6. The third-order valence-electron chi connectivity index (χ3n) is 4.47. The Hall–Kier alpha value is -1.29. The predicted molar refractivity (Wildman–Crippen MR) is 75.0 cm³/mol. The summed E-state index contributed by atoms with van der Waals surface area (Å²) in [6, 6.07) is 4.99. The van der Waals surface area contributed by atoms with E-state index in [4.69, 9.17) is 5.73 Å². The standard InChI is InChI=1S/C15H23N3O/c1-11-4-2-5-13(10-16)18(11)15(19)14-6-3-9-17(14)12-7-8-12/h3,6,9,11-13H,2,4-5,7-8,10,16H2,1H3. The van der Waals surface area contributed by atoms with Crippen molar-refractivity contribution in [1.82, 2.24) is 9.47 Å². The molecule has 2 heterocycles. The molecule has 1 aromatic heterocycles. The van der Waals surface area contributed by atoms with Crippen LogP contribution in [-0.2, 0) is 0 Å². The summed E-state index contributed by atoms with van der Waals surface area (Å²) in [4.78, 5) is 14.9. The minimum absolute atomic E-state index is 0.166. The molecule has 2 atom stereocenters. The molecule has 2 N–H and O–H groups in total. The van der Waals surface area contributed by atoms with Crippen LogP contribution >= 0.6 is 0 Å². The summed E-state index contributed by atoms with van der Waals surface area (Å²) < 4.78 is 2.15. The molecule has 1 amide bonds. The molecule has 4 heteroatoms. The molecule has 0 radical (unpaired) electrons. The second kappa shape index (κ2) is 5.00. The number of aromatic nitrogens is 1. The normalized spacial score (nSPS) is 27.6. The number of hydrogen-bond donors (Lipinski definition) is 1. The first-order valence-corrected chi connectivity index (χ1v) is 7.42. The zero-order chi connectivity index (χ0) is 13.4. The average molecular weight is 261 g/mol. The lowest BCUT2D eigenvalue weighted by molar-refractivity contribution is 0.0483. The molecule has 1 aromatic rings. The lowest BCUT2D eigenvalue weighted by Gasteiger charge is -2.40. The minimum atomic E-state index is 0.166. The van der Waals surface area contributed by atoms with E-state index in [1.54, 1.807) is 0 Å². The molecule has 3 rings (SSSR count). The van der Waals surface area contributed by atoms with Crippen molar-refractivity contribution in [3.8, 4) is 0 Å². The smallest absolute Gasteiger partial charge is 0.271 e. The van der Waals surface area contributed by atoms with Crippen LogP contribution in [0.5, 0.6) is 0 Å². The molecule has 0 aromatic carbocycles. The van der Waals surface area contributed by atoms with Crippen molar-refractivity contribution in [2.45, 2.75) is 57.2 Å². The van der Waals surface area contributed by atoms with Gasteiger partial charge in [-0.2, -0.15) is 0 Å². The lowest BCUT2D eigenvalue weighted by atomic mass is 9.96. The molecule has 0 spiro atoms. The first-order valence-electron chi connectivity index (χ1n) is 7.42. The fraction of sp³-hybridized carbons (Fsp3) is 0.667. The van der Waals surface area contributed by atoms with Gasteiger partial charge in [-0.15, -0.1) is 0 Å². The van der Waals surface area contributed by atoms with Gasteiger partial charge in [0.25, 0.3) is 5.91 Å². The lowest BCUT2D eigenvalue weighted by Crippen LogP contribution is -2.52. The Bertz CT molecular complexity index is 464. The number of carbonyl (C=O) groups is 1. The number of rotatable bonds is 3. The number of hydrogen-bond acceptors (Lipinski definition) is 2. The molecule has 104 valence electrons. The van der Waals surface area contributed by atoms with Crippen molar-refractivity contribution in [1.29, 1.82) is 0 Å². The Balaban J connectivity index is 1.86. The predicted octanol–water partition coefficient (Wildman–Crippen LogP) is 2.16. The first kappa shape index (κ1) is 12.7. The summed E-state index contributed by atoms with van der Waals surface area (Å²) in [5, 5.41) is 0. The van der Waals surface area contributed by atoms with Crippen LogP contribution in [0.1, 0.15) is 55.6 Å². The van der Waals surface area contributed by atoms with Crippen LogP contribution in [0.15, 0.2) is 18.3 Å². The molecule has 4 nitrogen and oxygen atoms in total. The molecule has 0 bridgehead atoms. The summed E-state index contributed by atoms with van der Waals surface area (Å²) in [5.74, 6) is 0.166. The summed E-state index contributed by atoms with van der Waals surface area (Å²) in [6.07, 6.45) is 7.74. The van der Waals surface area contributed by atoms with E-state index >= 15 is 0 Å². The highest BCUT2D eigenvalue weighted by molar-refractivity contribution is 5.93. The third kappa shape index (κ3) is 2.29. The van der Waals surface area contributed by atoms with E-state index < -0.39 is 0 Å². The summed E-state index contributed by atoms with van der Waals surface area (Å²) in [5.41, 5.74) is 6.70. The summed E-state index contributed by atoms with van der Waals surface area (Å²) in [6.45, 7) is 2.71. The number of amides is 1. The molecule has 19 heavy (non-hydrogen) atoms. The highest BCUT2D eigenvalue weighted by Gasteiger charge is 2.34. The van der Waals surface area contributed by atoms with Crippen LogP contribution in [0.2, 0.25) is 0 Å². The van der Waals surface area contributed by atoms with E-state index in [1.165, 1.54) is 19.3 Å². The summed E-state index contributed by atoms with van der Waals surface area (Å²) >= 11 is 0. The van der Waals surface area contributed by atoms with E-state index in [0.717, 1.165) is 18.5 Å². The van der Waals surface area contributed by atoms with Gasteiger partial charge in [0.1, 0.15) is 5.69 Å². The average Bonchev–Trinajstić information content (AvgIpc) is 3.15. The van der Waals surface area contributed by atoms with E-state index in [1.807, 2.05) is 23.2 Å². The van der Waals surface area contributed by atoms with Gasteiger partial charge >= 0.3 is 0 Å². The van der Waals surface area contributed by atoms with Gasteiger partial charge in [0, 0.05) is 30.9 Å². The molecule has 2 fully saturated rings. The topological polar surface area (TPSA) is 51.3 Å². The number of piperidine rings is 1. The van der Waals surface area contributed by atoms with Crippen LogP contribution in [0.25, 0.3) is 0 Å². The fourth-order valence-corrected chi connectivity index (χ4v) is 3.26. The molecular formula is C15H23N3O. The van der Waals surface area contributed by atoms with E-state index in [0.29, 0.717) is 18.6 Å². The maximum Gasteiger partial charge on any atom is 0.271 e. The van der Waals surface area contributed by atoms with E-state index in [2.05, 4.69) is 11.5 Å². The van der Waals surface area contributed by atoms with Gasteiger partial charge < -0.3 is 15.2 Å². The van der Waals surface area contributed by atoms with Crippen molar-refractivity contribution in [2.75, 3.05) is 6.54 Å². The SMILES string of the molecule is CC1CCCC(CN)N1C(=O)c1cccn1C1CC1. The minimum Gasteiger partial charge on any atom is -0.340 e. The first-order chi connectivity index (χ1) is 9.22. The number of nitrogens with zero attached hydrogens (tertiary/aromatic N) is 2. The molecule has 1 aliphatic heterocycles. The zero-order valence-electron chi connectivity index (χ0n) is 11.6. The molecule has 2 aliphatic rings. The highest BCUT2D eigenvalue weighted by Crippen LogP contribution is 2.36. The van der Waals surface area contributed by atoms with Gasteiger partial charge in [0.2, 0.25) is 0 Å². The Morgan fingerprint density at radius 2 is 2.16 bits per heavy atom. The van der Waals surface area contributed by atoms with Crippen molar-refractivity contribution < 1.29 is 4.79 Å². The second-order valence-electron chi connectivity index (χ2n) is 5.91. The van der Waals surface area contributed by atoms with E-state index in [9.17, 15) is 4.79 Å². The van der Waals surface area contributed by atoms with E-state index in [-0.39, 0.29) is 11.9 Å². The molecule has 2 unspecified atom stereocenters. The van der Waals surface area contributed by atoms with Gasteiger partial charge in [-0.3, -0.25) is 4.79 Å². The van der Waals surface area contributed by atoms with Crippen LogP contribution in [0.3, 0.4) is 0 Å².